The molecule has 1 amide bonds. The van der Waals surface area contributed by atoms with Gasteiger partial charge in [-0.05, 0) is 49.9 Å². The van der Waals surface area contributed by atoms with Gasteiger partial charge in [-0.15, -0.1) is 0 Å². The average Bonchev–Trinajstić information content (AvgIpc) is 2.77. The van der Waals surface area contributed by atoms with E-state index in [0.29, 0.717) is 29.4 Å². The standard InChI is InChI=1S/C20H36N2O3/c1-14(2)25-18(24)13-22(6,7)11-9-17(23)21-16-12-15-8-10-20(16,5)19(15,3)4/h14-16H,8-13H2,1-7H3/p+1. The molecular formula is C20H37N2O3+. The van der Waals surface area contributed by atoms with Gasteiger partial charge in [-0.25, -0.2) is 4.79 Å². The van der Waals surface area contributed by atoms with Crippen LogP contribution in [0.15, 0.2) is 0 Å². The Morgan fingerprint density at radius 1 is 1.24 bits per heavy atom. The van der Waals surface area contributed by atoms with E-state index in [1.165, 1.54) is 12.8 Å². The first-order chi connectivity index (χ1) is 11.4. The Morgan fingerprint density at radius 3 is 2.36 bits per heavy atom. The summed E-state index contributed by atoms with van der Waals surface area (Å²) in [5, 5.41) is 3.30. The molecule has 2 aliphatic carbocycles. The summed E-state index contributed by atoms with van der Waals surface area (Å²) < 4.78 is 5.68. The Balaban J connectivity index is 1.82. The molecule has 0 radical (unpaired) electrons. The quantitative estimate of drug-likeness (QED) is 0.565. The lowest BCUT2D eigenvalue weighted by atomic mass is 9.69. The van der Waals surface area contributed by atoms with Crippen LogP contribution < -0.4 is 5.32 Å². The van der Waals surface area contributed by atoms with Crippen molar-refractivity contribution in [2.75, 3.05) is 27.2 Å². The molecule has 5 heteroatoms. The number of carbonyl (C=O) groups excluding carboxylic acids is 2. The minimum atomic E-state index is -0.206. The number of nitrogens with zero attached hydrogens (tertiary/aromatic N) is 1. The molecule has 2 rings (SSSR count). The van der Waals surface area contributed by atoms with E-state index in [-0.39, 0.29) is 29.4 Å². The molecule has 0 aromatic heterocycles. The van der Waals surface area contributed by atoms with Gasteiger partial charge in [0.2, 0.25) is 5.91 Å². The highest BCUT2D eigenvalue weighted by Gasteiger charge is 2.61. The average molecular weight is 354 g/mol. The van der Waals surface area contributed by atoms with E-state index >= 15 is 0 Å². The van der Waals surface area contributed by atoms with Crippen LogP contribution in [0.1, 0.15) is 60.3 Å². The van der Waals surface area contributed by atoms with Gasteiger partial charge in [-0.2, -0.15) is 0 Å². The van der Waals surface area contributed by atoms with Crippen LogP contribution in [0.4, 0.5) is 0 Å². The molecule has 0 heterocycles. The number of hydrogen-bond acceptors (Lipinski definition) is 3. The van der Waals surface area contributed by atoms with E-state index in [4.69, 9.17) is 4.74 Å². The summed E-state index contributed by atoms with van der Waals surface area (Å²) in [4.78, 5) is 24.4. The predicted octanol–water partition coefficient (Wildman–Crippen LogP) is 2.74. The molecule has 1 N–H and O–H groups in total. The molecule has 3 atom stereocenters. The van der Waals surface area contributed by atoms with E-state index in [9.17, 15) is 9.59 Å². The van der Waals surface area contributed by atoms with Crippen LogP contribution in [0.25, 0.3) is 0 Å². The van der Waals surface area contributed by atoms with Crippen molar-refractivity contribution in [3.05, 3.63) is 0 Å². The topological polar surface area (TPSA) is 55.4 Å². The minimum Gasteiger partial charge on any atom is -0.459 e. The van der Waals surface area contributed by atoms with Gasteiger partial charge < -0.3 is 14.5 Å². The lowest BCUT2D eigenvalue weighted by Gasteiger charge is -2.39. The van der Waals surface area contributed by atoms with Crippen molar-refractivity contribution in [1.82, 2.24) is 5.32 Å². The van der Waals surface area contributed by atoms with E-state index in [1.54, 1.807) is 0 Å². The van der Waals surface area contributed by atoms with E-state index in [0.717, 1.165) is 12.3 Å². The highest BCUT2D eigenvalue weighted by atomic mass is 16.5. The third-order valence-electron chi connectivity index (χ3n) is 7.00. The Kier molecular flexibility index (Phi) is 5.58. The molecule has 25 heavy (non-hydrogen) atoms. The Hall–Kier alpha value is -1.10. The Labute approximate surface area is 153 Å². The zero-order valence-electron chi connectivity index (χ0n) is 17.1. The first kappa shape index (κ1) is 20.2. The van der Waals surface area contributed by atoms with Crippen LogP contribution in [-0.2, 0) is 14.3 Å². The molecule has 144 valence electrons. The van der Waals surface area contributed by atoms with Crippen molar-refractivity contribution >= 4 is 11.9 Å². The summed E-state index contributed by atoms with van der Waals surface area (Å²) in [6.45, 7) is 11.7. The van der Waals surface area contributed by atoms with Crippen molar-refractivity contribution < 1.29 is 18.8 Å². The van der Waals surface area contributed by atoms with Crippen molar-refractivity contribution in [2.24, 2.45) is 16.7 Å². The SMILES string of the molecule is CC(C)OC(=O)C[N+](C)(C)CCC(=O)NC1CC2CCC1(C)C2(C)C. The molecule has 2 fully saturated rings. The molecule has 5 nitrogen and oxygen atoms in total. The Bertz CT molecular complexity index is 527. The molecule has 2 saturated carbocycles. The molecule has 3 unspecified atom stereocenters. The number of ether oxygens (including phenoxy) is 1. The van der Waals surface area contributed by atoms with E-state index in [1.807, 2.05) is 27.9 Å². The second-order valence-corrected chi connectivity index (χ2v) is 9.84. The lowest BCUT2D eigenvalue weighted by Crippen LogP contribution is -2.50. The third kappa shape index (κ3) is 4.18. The van der Waals surface area contributed by atoms with Crippen molar-refractivity contribution in [1.29, 1.82) is 0 Å². The monoisotopic (exact) mass is 353 g/mol. The van der Waals surface area contributed by atoms with Gasteiger partial charge >= 0.3 is 5.97 Å². The molecule has 0 aliphatic heterocycles. The second kappa shape index (κ2) is 6.90. The van der Waals surface area contributed by atoms with Crippen LogP contribution in [-0.4, -0.2) is 55.7 Å². The van der Waals surface area contributed by atoms with Gasteiger partial charge in [0.25, 0.3) is 0 Å². The summed E-state index contributed by atoms with van der Waals surface area (Å²) in [6.07, 6.45) is 3.95. The maximum absolute atomic E-state index is 12.5. The first-order valence-corrected chi connectivity index (χ1v) is 9.68. The van der Waals surface area contributed by atoms with Crippen LogP contribution in [0, 0.1) is 16.7 Å². The van der Waals surface area contributed by atoms with Gasteiger partial charge in [-0.1, -0.05) is 20.8 Å². The smallest absolute Gasteiger partial charge is 0.362 e. The highest BCUT2D eigenvalue weighted by Crippen LogP contribution is 2.65. The number of nitrogens with one attached hydrogen (secondary N) is 1. The molecular weight excluding hydrogens is 316 g/mol. The number of quaternary nitrogens is 1. The molecule has 0 aromatic carbocycles. The van der Waals surface area contributed by atoms with Crippen LogP contribution in [0.5, 0.6) is 0 Å². The maximum atomic E-state index is 12.5. The molecule has 0 saturated heterocycles. The minimum absolute atomic E-state index is 0.0994. The van der Waals surface area contributed by atoms with E-state index in [2.05, 4.69) is 26.1 Å². The Morgan fingerprint density at radius 2 is 1.88 bits per heavy atom. The first-order valence-electron chi connectivity index (χ1n) is 9.68. The number of hydrogen-bond donors (Lipinski definition) is 1. The zero-order valence-corrected chi connectivity index (χ0v) is 17.1. The van der Waals surface area contributed by atoms with Crippen LogP contribution in [0.2, 0.25) is 0 Å². The summed E-state index contributed by atoms with van der Waals surface area (Å²) in [5.74, 6) is 0.626. The predicted molar refractivity (Wildman–Crippen MR) is 98.8 cm³/mol. The maximum Gasteiger partial charge on any atom is 0.362 e. The van der Waals surface area contributed by atoms with Crippen molar-refractivity contribution in [3.8, 4) is 0 Å². The molecule has 2 bridgehead atoms. The van der Waals surface area contributed by atoms with Gasteiger partial charge in [0.15, 0.2) is 6.54 Å². The van der Waals surface area contributed by atoms with Crippen molar-refractivity contribution in [3.63, 3.8) is 0 Å². The van der Waals surface area contributed by atoms with Gasteiger partial charge in [0, 0.05) is 6.04 Å². The normalized spacial score (nSPS) is 30.6. The summed E-state index contributed by atoms with van der Waals surface area (Å²) in [5.41, 5.74) is 0.514. The summed E-state index contributed by atoms with van der Waals surface area (Å²) in [6, 6.07) is 0.287. The van der Waals surface area contributed by atoms with E-state index < -0.39 is 0 Å². The molecule has 0 spiro atoms. The summed E-state index contributed by atoms with van der Waals surface area (Å²) in [7, 11) is 3.94. The zero-order chi connectivity index (χ0) is 19.0. The van der Waals surface area contributed by atoms with Crippen LogP contribution in [0.3, 0.4) is 0 Å². The van der Waals surface area contributed by atoms with Crippen LogP contribution >= 0.6 is 0 Å². The third-order valence-corrected chi connectivity index (χ3v) is 7.00. The number of esters is 1. The number of amides is 1. The van der Waals surface area contributed by atoms with Crippen molar-refractivity contribution in [2.45, 2.75) is 72.4 Å². The second-order valence-electron chi connectivity index (χ2n) is 9.84. The number of carbonyl (C=O) groups is 2. The van der Waals surface area contributed by atoms with Gasteiger partial charge in [0.05, 0.1) is 33.2 Å². The lowest BCUT2D eigenvalue weighted by molar-refractivity contribution is -0.882. The highest BCUT2D eigenvalue weighted by molar-refractivity contribution is 5.76. The van der Waals surface area contributed by atoms with Gasteiger partial charge in [0.1, 0.15) is 0 Å². The molecule has 0 aromatic rings. The fourth-order valence-corrected chi connectivity index (χ4v) is 4.82. The number of rotatable bonds is 7. The largest absolute Gasteiger partial charge is 0.459 e. The number of likely N-dealkylation sites (N-methyl/N-ethyl adjacent to an activating group) is 1. The number of fused-ring (bicyclic) bond motifs is 2. The molecule has 2 aliphatic rings. The van der Waals surface area contributed by atoms with Gasteiger partial charge in [-0.3, -0.25) is 4.79 Å². The fraction of sp³-hybridized carbons (Fsp3) is 0.900. The summed E-state index contributed by atoms with van der Waals surface area (Å²) >= 11 is 0. The fourth-order valence-electron chi connectivity index (χ4n) is 4.82.